The van der Waals surface area contributed by atoms with Gasteiger partial charge in [0.05, 0.1) is 36.0 Å². The molecule has 3 aromatic rings. The number of unbranched alkanes of at least 4 members (excludes halogenated alkanes) is 18. The molecular formula is C60H96N6O8U. The minimum atomic E-state index is -2.51. The van der Waals surface area contributed by atoms with Gasteiger partial charge in [0.2, 0.25) is 0 Å². The Balaban J connectivity index is 0.00000626. The first-order valence-electron chi connectivity index (χ1n) is 28.3. The molecule has 418 valence electrons. The maximum absolute atomic E-state index is 12.9. The number of amides is 4. The summed E-state index contributed by atoms with van der Waals surface area (Å²) in [6.45, 7) is 22.9. The van der Waals surface area contributed by atoms with Crippen molar-refractivity contribution in [3.63, 3.8) is 0 Å². The van der Waals surface area contributed by atoms with Gasteiger partial charge in [0.25, 0.3) is 0 Å². The van der Waals surface area contributed by atoms with Crippen molar-refractivity contribution in [1.29, 1.82) is 0 Å². The molecule has 0 heterocycles. The van der Waals surface area contributed by atoms with E-state index in [1.807, 2.05) is 38.1 Å². The van der Waals surface area contributed by atoms with E-state index in [2.05, 4.69) is 76.7 Å². The van der Waals surface area contributed by atoms with Crippen LogP contribution in [-0.2, 0) is 15.3 Å². The summed E-state index contributed by atoms with van der Waals surface area (Å²) < 4.78 is 30.3. The van der Waals surface area contributed by atoms with Crippen LogP contribution in [0.5, 0.6) is 23.0 Å². The number of rotatable bonds is 34. The quantitative estimate of drug-likeness (QED) is 0.0193. The molecule has 0 unspecified atom stereocenters. The maximum atomic E-state index is 12.9. The number of nitrogens with one attached hydrogen (secondary N) is 4. The number of hydrogen-bond acceptors (Lipinski definition) is 10. The SMILES string of the molecule is CCCCCCCCCCCCOc1cc(N=Cc2cc(C(C)(C)C)cc(NC(=O)NCCC)c2O)c(N=Cc2cc(C(C)(C)C)cc(NC(=O)NCCC)c2O)cc1OCCCCCCCCCCCC.[O]=[U]=[O]. The fourth-order valence-corrected chi connectivity index (χ4v) is 8.17. The number of aliphatic imine (C=N–C) groups is 2. The number of carbonyl (C=O) groups is 2. The van der Waals surface area contributed by atoms with Crippen LogP contribution < -0.4 is 30.7 Å². The summed E-state index contributed by atoms with van der Waals surface area (Å²) >= 11 is -2.51. The van der Waals surface area contributed by atoms with Crippen molar-refractivity contribution >= 4 is 47.2 Å². The molecule has 0 bridgehead atoms. The van der Waals surface area contributed by atoms with Crippen molar-refractivity contribution in [2.45, 2.75) is 221 Å². The fraction of sp³-hybridized carbons (Fsp3) is 0.633. The van der Waals surface area contributed by atoms with Gasteiger partial charge in [0.15, 0.2) is 11.5 Å². The van der Waals surface area contributed by atoms with Crippen LogP contribution in [0.2, 0.25) is 0 Å². The van der Waals surface area contributed by atoms with Crippen LogP contribution in [-0.4, -0.2) is 61.0 Å². The summed E-state index contributed by atoms with van der Waals surface area (Å²) in [5.74, 6) is 0.858. The van der Waals surface area contributed by atoms with E-state index in [4.69, 9.17) is 23.9 Å². The van der Waals surface area contributed by atoms with E-state index in [1.54, 1.807) is 24.6 Å². The van der Waals surface area contributed by atoms with E-state index in [0.717, 1.165) is 49.7 Å². The summed E-state index contributed by atoms with van der Waals surface area (Å²) in [5.41, 5.74) is 3.38. The third-order valence-electron chi connectivity index (χ3n) is 12.8. The van der Waals surface area contributed by atoms with Crippen molar-refractivity contribution in [1.82, 2.24) is 10.6 Å². The van der Waals surface area contributed by atoms with E-state index < -0.39 is 39.9 Å². The Morgan fingerprint density at radius 1 is 0.493 bits per heavy atom. The minimum absolute atomic E-state index is 0.121. The van der Waals surface area contributed by atoms with Gasteiger partial charge in [-0.2, -0.15) is 0 Å². The number of carbonyl (C=O) groups excluding carboxylic acids is 2. The number of benzene rings is 3. The first kappa shape index (κ1) is 66.5. The molecule has 0 saturated heterocycles. The Kier molecular flexibility index (Phi) is 33.7. The van der Waals surface area contributed by atoms with Gasteiger partial charge < -0.3 is 41.0 Å². The summed E-state index contributed by atoms with van der Waals surface area (Å²) in [5, 5.41) is 34.6. The van der Waals surface area contributed by atoms with E-state index >= 15 is 0 Å². The van der Waals surface area contributed by atoms with Gasteiger partial charge in [-0.15, -0.1) is 0 Å². The van der Waals surface area contributed by atoms with Crippen LogP contribution in [0.3, 0.4) is 0 Å². The Hall–Kier alpha value is -4.61. The molecule has 0 fully saturated rings. The molecule has 3 rings (SSSR count). The second-order valence-corrected chi connectivity index (χ2v) is 22.3. The van der Waals surface area contributed by atoms with Crippen LogP contribution in [0.25, 0.3) is 0 Å². The van der Waals surface area contributed by atoms with Gasteiger partial charge in [0.1, 0.15) is 11.5 Å². The predicted molar refractivity (Wildman–Crippen MR) is 305 cm³/mol. The number of ether oxygens (including phenoxy) is 2. The summed E-state index contributed by atoms with van der Waals surface area (Å²) in [4.78, 5) is 35.7. The summed E-state index contributed by atoms with van der Waals surface area (Å²) in [6, 6.07) is 10.2. The third-order valence-corrected chi connectivity index (χ3v) is 12.8. The number of hydrogen-bond donors (Lipinski definition) is 6. The standard InChI is InChI=1S/C60H96N6O6.2O.U/c1-11-15-17-19-21-23-25-27-29-31-35-71-53-41-49(63-43-45-37-47(59(5,6)7)39-51(55(45)67)65-57(69)61-33-13-3)50(42-54(53)72-36-32-30-28-26-24-22-20-18-16-12-2)64-44-46-38-48(60(8,9)10)40-52(56(46)68)66-58(70)62-34-14-4;;;/h37-44,67-68H,11-36H2,1-10H3,(H2,61,65,69)(H2,62,66,70);;;. The molecule has 0 aliphatic heterocycles. The van der Waals surface area contributed by atoms with Gasteiger partial charge in [-0.05, 0) is 71.9 Å². The molecule has 6 N–H and O–H groups in total. The fourth-order valence-electron chi connectivity index (χ4n) is 8.17. The zero-order valence-corrected chi connectivity index (χ0v) is 51.9. The van der Waals surface area contributed by atoms with Gasteiger partial charge in [-0.25, -0.2) is 9.59 Å². The first-order valence-corrected chi connectivity index (χ1v) is 31.7. The number of nitrogens with zero attached hydrogens (tertiary/aromatic N) is 2. The Labute approximate surface area is 466 Å². The number of anilines is 2. The molecule has 15 heteroatoms. The topological polar surface area (TPSA) is 200 Å². The number of phenolic OH excluding ortho intramolecular Hbond substituents is 2. The molecule has 0 radical (unpaired) electrons. The monoisotopic (exact) mass is 1270 g/mol. The van der Waals surface area contributed by atoms with Crippen LogP contribution in [0.15, 0.2) is 46.4 Å². The Morgan fingerprint density at radius 3 is 1.09 bits per heavy atom. The number of aromatic hydroxyl groups is 2. The second kappa shape index (κ2) is 38.0. The van der Waals surface area contributed by atoms with Crippen molar-refractivity contribution in [3.8, 4) is 23.0 Å². The van der Waals surface area contributed by atoms with Crippen molar-refractivity contribution in [2.75, 3.05) is 36.9 Å². The van der Waals surface area contributed by atoms with Crippen molar-refractivity contribution < 1.29 is 61.6 Å². The van der Waals surface area contributed by atoms with E-state index in [9.17, 15) is 19.8 Å². The van der Waals surface area contributed by atoms with Crippen LogP contribution in [0, 0.1) is 27.8 Å². The molecule has 3 aromatic carbocycles. The third kappa shape index (κ3) is 27.3. The molecule has 14 nitrogen and oxygen atoms in total. The van der Waals surface area contributed by atoms with Crippen LogP contribution >= 0.6 is 0 Å². The van der Waals surface area contributed by atoms with Crippen molar-refractivity contribution in [3.05, 3.63) is 58.7 Å². The molecular weight excluding hydrogens is 1170 g/mol. The predicted octanol–water partition coefficient (Wildman–Crippen LogP) is 16.6. The summed E-state index contributed by atoms with van der Waals surface area (Å²) in [6.07, 6.45) is 29.1. The van der Waals surface area contributed by atoms with Gasteiger partial charge in [0, 0.05) is 48.8 Å². The molecule has 0 aromatic heterocycles. The Morgan fingerprint density at radius 2 is 0.800 bits per heavy atom. The van der Waals surface area contributed by atoms with Crippen molar-refractivity contribution in [2.24, 2.45) is 9.98 Å². The van der Waals surface area contributed by atoms with Gasteiger partial charge in [-0.3, -0.25) is 9.98 Å². The first-order chi connectivity index (χ1) is 35.9. The van der Waals surface area contributed by atoms with Gasteiger partial charge in [-0.1, -0.05) is 185 Å². The van der Waals surface area contributed by atoms with E-state index in [1.165, 1.54) is 103 Å². The Bertz CT molecular complexity index is 2080. The van der Waals surface area contributed by atoms with E-state index in [0.29, 0.717) is 60.3 Å². The molecule has 0 spiro atoms. The molecule has 0 aliphatic rings. The van der Waals surface area contributed by atoms with Gasteiger partial charge >= 0.3 is 44.4 Å². The second-order valence-electron chi connectivity index (χ2n) is 21.6. The molecule has 0 atom stereocenters. The average molecular weight is 1270 g/mol. The number of urea groups is 2. The zero-order chi connectivity index (χ0) is 55.5. The molecule has 75 heavy (non-hydrogen) atoms. The summed E-state index contributed by atoms with van der Waals surface area (Å²) in [7, 11) is 0. The van der Waals surface area contributed by atoms with E-state index in [-0.39, 0.29) is 33.7 Å². The zero-order valence-electron chi connectivity index (χ0n) is 47.7. The molecule has 0 aliphatic carbocycles. The van der Waals surface area contributed by atoms with Crippen LogP contribution in [0.4, 0.5) is 32.3 Å². The average Bonchev–Trinajstić information content (AvgIpc) is 3.36. The molecule has 0 saturated carbocycles. The van der Waals surface area contributed by atoms with Crippen LogP contribution in [0.1, 0.15) is 233 Å². The molecule has 4 amide bonds. The normalized spacial score (nSPS) is 11.5. The number of phenols is 2.